The topological polar surface area (TPSA) is 135 Å². The van der Waals surface area contributed by atoms with E-state index in [1.54, 1.807) is 41.5 Å². The van der Waals surface area contributed by atoms with Crippen molar-refractivity contribution >= 4 is 24.0 Å². The predicted octanol–water partition coefficient (Wildman–Crippen LogP) is 2.36. The van der Waals surface area contributed by atoms with E-state index in [1.807, 2.05) is 13.8 Å². The molecule has 0 aromatic rings. The summed E-state index contributed by atoms with van der Waals surface area (Å²) in [6.45, 7) is 14.3. The first-order chi connectivity index (χ1) is 14.7. The van der Waals surface area contributed by atoms with E-state index in [9.17, 15) is 19.2 Å². The average Bonchev–Trinajstić information content (AvgIpc) is 2.59. The Bertz CT molecular complexity index is 625. The van der Waals surface area contributed by atoms with E-state index in [0.717, 1.165) is 0 Å². The number of alkyl carbamates (subject to hydrolysis) is 2. The summed E-state index contributed by atoms with van der Waals surface area (Å²) in [5, 5.41) is 10.8. The van der Waals surface area contributed by atoms with Gasteiger partial charge in [0.25, 0.3) is 0 Å². The highest BCUT2D eigenvalue weighted by Gasteiger charge is 2.42. The Kier molecular flexibility index (Phi) is 9.78. The molecule has 1 aliphatic heterocycles. The van der Waals surface area contributed by atoms with E-state index < -0.39 is 59.4 Å². The quantitative estimate of drug-likeness (QED) is 0.443. The Morgan fingerprint density at radius 2 is 1.09 bits per heavy atom. The molecule has 1 heterocycles. The molecule has 4 unspecified atom stereocenters. The van der Waals surface area contributed by atoms with Gasteiger partial charge in [-0.3, -0.25) is 9.59 Å². The van der Waals surface area contributed by atoms with E-state index in [1.165, 1.54) is 0 Å². The summed E-state index contributed by atoms with van der Waals surface area (Å²) in [6.07, 6.45) is 0.990. The van der Waals surface area contributed by atoms with Crippen LogP contribution in [0, 0.1) is 0 Å². The number of nitrogens with one attached hydrogen (secondary N) is 4. The highest BCUT2D eigenvalue weighted by atomic mass is 16.6. The number of hydrogen-bond acceptors (Lipinski definition) is 6. The van der Waals surface area contributed by atoms with Crippen molar-refractivity contribution in [2.45, 2.75) is 116 Å². The van der Waals surface area contributed by atoms with Gasteiger partial charge in [0.05, 0.1) is 12.1 Å². The van der Waals surface area contributed by atoms with Crippen LogP contribution < -0.4 is 21.3 Å². The molecule has 184 valence electrons. The van der Waals surface area contributed by atoms with E-state index in [2.05, 4.69) is 21.3 Å². The maximum atomic E-state index is 12.9. The van der Waals surface area contributed by atoms with Gasteiger partial charge in [0, 0.05) is 0 Å². The third-order valence-electron chi connectivity index (χ3n) is 4.57. The highest BCUT2D eigenvalue weighted by Crippen LogP contribution is 2.15. The minimum atomic E-state index is -0.949. The molecular weight excluding hydrogens is 416 g/mol. The zero-order chi connectivity index (χ0) is 24.7. The van der Waals surface area contributed by atoms with Gasteiger partial charge in [-0.1, -0.05) is 26.7 Å². The van der Waals surface area contributed by atoms with Gasteiger partial charge in [0.1, 0.15) is 23.3 Å². The fourth-order valence-corrected chi connectivity index (χ4v) is 3.37. The maximum Gasteiger partial charge on any atom is 0.407 e. The van der Waals surface area contributed by atoms with Gasteiger partial charge in [0.2, 0.25) is 11.8 Å². The molecule has 32 heavy (non-hydrogen) atoms. The molecule has 1 saturated heterocycles. The molecule has 0 radical (unpaired) electrons. The summed E-state index contributed by atoms with van der Waals surface area (Å²) in [5.74, 6) is -0.868. The summed E-state index contributed by atoms with van der Waals surface area (Å²) in [6, 6.07) is -3.17. The molecule has 4 N–H and O–H groups in total. The molecule has 0 aromatic heterocycles. The zero-order valence-corrected chi connectivity index (χ0v) is 20.6. The van der Waals surface area contributed by atoms with Crippen molar-refractivity contribution in [2.24, 2.45) is 0 Å². The van der Waals surface area contributed by atoms with Crippen molar-refractivity contribution in [3.63, 3.8) is 0 Å². The summed E-state index contributed by atoms with van der Waals surface area (Å²) in [4.78, 5) is 50.2. The first-order valence-electron chi connectivity index (χ1n) is 11.3. The molecule has 1 rings (SSSR count). The number of hydrogen-bond donors (Lipinski definition) is 4. The molecule has 0 aliphatic carbocycles. The smallest absolute Gasteiger partial charge is 0.407 e. The summed E-state index contributed by atoms with van der Waals surface area (Å²) >= 11 is 0. The number of carbonyl (C=O) groups excluding carboxylic acids is 4. The second-order valence-electron chi connectivity index (χ2n) is 10.1. The zero-order valence-electron chi connectivity index (χ0n) is 20.6. The first kappa shape index (κ1) is 27.5. The second-order valence-corrected chi connectivity index (χ2v) is 10.1. The lowest BCUT2D eigenvalue weighted by Gasteiger charge is -2.37. The van der Waals surface area contributed by atoms with Crippen LogP contribution in [0.1, 0.15) is 81.1 Å². The molecule has 0 saturated carbocycles. The number of amides is 4. The molecule has 0 bridgehead atoms. The Balaban J connectivity index is 2.91. The van der Waals surface area contributed by atoms with E-state index in [4.69, 9.17) is 9.47 Å². The van der Waals surface area contributed by atoms with Crippen LogP contribution >= 0.6 is 0 Å². The Hall–Kier alpha value is -2.52. The molecule has 1 fully saturated rings. The molecule has 1 aliphatic rings. The lowest BCUT2D eigenvalue weighted by molar-refractivity contribution is -0.138. The first-order valence-corrected chi connectivity index (χ1v) is 11.3. The van der Waals surface area contributed by atoms with Crippen molar-refractivity contribution in [1.29, 1.82) is 0 Å². The molecular formula is C22H40N4O6. The fourth-order valence-electron chi connectivity index (χ4n) is 3.37. The molecule has 0 spiro atoms. The van der Waals surface area contributed by atoms with Crippen molar-refractivity contribution in [2.75, 3.05) is 0 Å². The van der Waals surface area contributed by atoms with Crippen molar-refractivity contribution in [3.8, 4) is 0 Å². The van der Waals surface area contributed by atoms with Gasteiger partial charge in [-0.2, -0.15) is 0 Å². The molecule has 4 atom stereocenters. The van der Waals surface area contributed by atoms with Crippen molar-refractivity contribution in [1.82, 2.24) is 21.3 Å². The minimum Gasteiger partial charge on any atom is -0.444 e. The van der Waals surface area contributed by atoms with Gasteiger partial charge in [-0.15, -0.1) is 0 Å². The summed E-state index contributed by atoms with van der Waals surface area (Å²) in [7, 11) is 0. The summed E-state index contributed by atoms with van der Waals surface area (Å²) < 4.78 is 10.6. The second kappa shape index (κ2) is 11.4. The Labute approximate surface area is 190 Å². The van der Waals surface area contributed by atoms with Gasteiger partial charge in [-0.05, 0) is 54.4 Å². The van der Waals surface area contributed by atoms with E-state index >= 15 is 0 Å². The molecule has 4 amide bonds. The molecule has 10 nitrogen and oxygen atoms in total. The number of ether oxygens (including phenoxy) is 2. The number of carbonyl (C=O) groups is 4. The standard InChI is InChI=1S/C22H40N4O6/c1-9-11-13(23-19(29)31-21(3,4)5)15-17(27)26-16(18(28)25-15)14(12-10-2)24-20(30)32-22(6,7)8/h13-16H,9-12H2,1-8H3,(H,23,29)(H,24,30)(H,25,28)(H,26,27). The molecule has 10 heteroatoms. The van der Waals surface area contributed by atoms with Gasteiger partial charge in [-0.25, -0.2) is 9.59 Å². The van der Waals surface area contributed by atoms with Crippen LogP contribution in [0.5, 0.6) is 0 Å². The van der Waals surface area contributed by atoms with Crippen LogP contribution in [-0.2, 0) is 19.1 Å². The van der Waals surface area contributed by atoms with Crippen LogP contribution in [0.4, 0.5) is 9.59 Å². The number of piperazine rings is 1. The largest absolute Gasteiger partial charge is 0.444 e. The monoisotopic (exact) mass is 456 g/mol. The average molecular weight is 457 g/mol. The third kappa shape index (κ3) is 9.32. The normalized spacial score (nSPS) is 21.0. The van der Waals surface area contributed by atoms with Crippen LogP contribution in [0.2, 0.25) is 0 Å². The van der Waals surface area contributed by atoms with Crippen molar-refractivity contribution in [3.05, 3.63) is 0 Å². The Morgan fingerprint density at radius 3 is 1.34 bits per heavy atom. The lowest BCUT2D eigenvalue weighted by atomic mass is 9.95. The van der Waals surface area contributed by atoms with Gasteiger partial charge >= 0.3 is 12.2 Å². The van der Waals surface area contributed by atoms with Crippen LogP contribution in [0.25, 0.3) is 0 Å². The maximum absolute atomic E-state index is 12.9. The number of rotatable bonds is 8. The van der Waals surface area contributed by atoms with Crippen molar-refractivity contribution < 1.29 is 28.7 Å². The molecule has 0 aromatic carbocycles. The van der Waals surface area contributed by atoms with Crippen LogP contribution in [0.3, 0.4) is 0 Å². The van der Waals surface area contributed by atoms with E-state index in [-0.39, 0.29) is 0 Å². The van der Waals surface area contributed by atoms with E-state index in [0.29, 0.717) is 25.7 Å². The Morgan fingerprint density at radius 1 is 0.781 bits per heavy atom. The predicted molar refractivity (Wildman–Crippen MR) is 120 cm³/mol. The SMILES string of the molecule is CCCC(NC(=O)OC(C)(C)C)C1NC(=O)C(C(CCC)NC(=O)OC(C)(C)C)NC1=O. The van der Waals surface area contributed by atoms with Gasteiger partial charge in [0.15, 0.2) is 0 Å². The fraction of sp³-hybridized carbons (Fsp3) is 0.818. The van der Waals surface area contributed by atoms with Crippen LogP contribution in [0.15, 0.2) is 0 Å². The van der Waals surface area contributed by atoms with Crippen LogP contribution in [-0.4, -0.2) is 59.4 Å². The highest BCUT2D eigenvalue weighted by molar-refractivity contribution is 5.98. The lowest BCUT2D eigenvalue weighted by Crippen LogP contribution is -2.71. The summed E-state index contributed by atoms with van der Waals surface area (Å²) in [5.41, 5.74) is -1.38. The minimum absolute atomic E-state index is 0.434. The third-order valence-corrected chi connectivity index (χ3v) is 4.57. The van der Waals surface area contributed by atoms with Gasteiger partial charge < -0.3 is 30.7 Å².